The van der Waals surface area contributed by atoms with E-state index < -0.39 is 8.80 Å². The van der Waals surface area contributed by atoms with Crippen LogP contribution in [0.2, 0.25) is 0 Å². The standard InChI is InChI=1S/C14H33N3O3Si/c1-6-15(7-2)8-9-16-10-12-17(13-11-16)14-21(18-3,19-4)20-5/h6-14H2,1-5H3. The molecule has 1 aliphatic heterocycles. The zero-order chi connectivity index (χ0) is 15.7. The minimum Gasteiger partial charge on any atom is -0.376 e. The highest BCUT2D eigenvalue weighted by Crippen LogP contribution is 2.11. The van der Waals surface area contributed by atoms with E-state index in [9.17, 15) is 0 Å². The molecule has 0 amide bonds. The fraction of sp³-hybridized carbons (Fsp3) is 1.00. The largest absolute Gasteiger partial charge is 0.514 e. The highest BCUT2D eigenvalue weighted by atomic mass is 28.4. The number of likely N-dealkylation sites (N-methyl/N-ethyl adjacent to an activating group) is 1. The second-order valence-corrected chi connectivity index (χ2v) is 8.35. The summed E-state index contributed by atoms with van der Waals surface area (Å²) >= 11 is 0. The first kappa shape index (κ1) is 19.0. The van der Waals surface area contributed by atoms with Crippen molar-refractivity contribution in [2.45, 2.75) is 13.8 Å². The van der Waals surface area contributed by atoms with E-state index in [0.717, 1.165) is 52.0 Å². The Morgan fingerprint density at radius 2 is 1.33 bits per heavy atom. The van der Waals surface area contributed by atoms with Crippen molar-refractivity contribution in [3.8, 4) is 0 Å². The van der Waals surface area contributed by atoms with Crippen molar-refractivity contribution in [2.75, 3.05) is 79.9 Å². The first-order valence-electron chi connectivity index (χ1n) is 7.95. The molecule has 1 aliphatic rings. The lowest BCUT2D eigenvalue weighted by Crippen LogP contribution is -2.58. The van der Waals surface area contributed by atoms with Gasteiger partial charge in [-0.3, -0.25) is 9.80 Å². The summed E-state index contributed by atoms with van der Waals surface area (Å²) < 4.78 is 16.5. The lowest BCUT2D eigenvalue weighted by atomic mass is 10.3. The van der Waals surface area contributed by atoms with Gasteiger partial charge in [-0.1, -0.05) is 13.8 Å². The highest BCUT2D eigenvalue weighted by Gasteiger charge is 2.40. The Kier molecular flexibility index (Phi) is 8.96. The maximum absolute atomic E-state index is 5.51. The Hall–Kier alpha value is -0.0231. The summed E-state index contributed by atoms with van der Waals surface area (Å²) in [7, 11) is 2.56. The zero-order valence-electron chi connectivity index (χ0n) is 14.4. The first-order chi connectivity index (χ1) is 10.1. The molecule has 7 heteroatoms. The lowest BCUT2D eigenvalue weighted by Gasteiger charge is -2.38. The molecule has 0 aromatic heterocycles. The molecule has 0 N–H and O–H groups in total. The molecule has 0 saturated carbocycles. The molecule has 6 nitrogen and oxygen atoms in total. The van der Waals surface area contributed by atoms with Crippen molar-refractivity contribution < 1.29 is 13.3 Å². The van der Waals surface area contributed by atoms with Gasteiger partial charge in [-0.25, -0.2) is 0 Å². The van der Waals surface area contributed by atoms with Crippen molar-refractivity contribution in [1.29, 1.82) is 0 Å². The minimum atomic E-state index is -2.48. The average Bonchev–Trinajstić information content (AvgIpc) is 2.55. The predicted octanol–water partition coefficient (Wildman–Crippen LogP) is 0.363. The maximum Gasteiger partial charge on any atom is 0.514 e. The molecule has 1 heterocycles. The van der Waals surface area contributed by atoms with Gasteiger partial charge in [0.25, 0.3) is 0 Å². The smallest absolute Gasteiger partial charge is 0.376 e. The van der Waals surface area contributed by atoms with Gasteiger partial charge in [0.15, 0.2) is 0 Å². The van der Waals surface area contributed by atoms with Crippen LogP contribution in [0.3, 0.4) is 0 Å². The van der Waals surface area contributed by atoms with Gasteiger partial charge < -0.3 is 18.2 Å². The number of nitrogens with zero attached hydrogens (tertiary/aromatic N) is 3. The second kappa shape index (κ2) is 9.89. The summed E-state index contributed by atoms with van der Waals surface area (Å²) in [6.07, 6.45) is 0.778. The summed E-state index contributed by atoms with van der Waals surface area (Å²) in [6.45, 7) is 13.4. The second-order valence-electron chi connectivity index (χ2n) is 5.44. The van der Waals surface area contributed by atoms with Gasteiger partial charge in [0.2, 0.25) is 0 Å². The van der Waals surface area contributed by atoms with Crippen LogP contribution in [0.25, 0.3) is 0 Å². The molecular formula is C14H33N3O3Si. The Bertz CT molecular complexity index is 260. The molecule has 1 fully saturated rings. The van der Waals surface area contributed by atoms with E-state index in [1.807, 2.05) is 0 Å². The van der Waals surface area contributed by atoms with Gasteiger partial charge in [0.05, 0.1) is 6.17 Å². The average molecular weight is 320 g/mol. The highest BCUT2D eigenvalue weighted by molar-refractivity contribution is 6.60. The molecule has 0 aliphatic carbocycles. The van der Waals surface area contributed by atoms with Crippen molar-refractivity contribution in [1.82, 2.24) is 14.7 Å². The molecule has 1 rings (SSSR count). The van der Waals surface area contributed by atoms with Crippen LogP contribution in [0.15, 0.2) is 0 Å². The van der Waals surface area contributed by atoms with E-state index in [1.54, 1.807) is 21.3 Å². The summed E-state index contributed by atoms with van der Waals surface area (Å²) in [5, 5.41) is 0. The van der Waals surface area contributed by atoms with Crippen LogP contribution < -0.4 is 0 Å². The van der Waals surface area contributed by atoms with E-state index >= 15 is 0 Å². The molecule has 0 aromatic rings. The maximum atomic E-state index is 5.51. The van der Waals surface area contributed by atoms with E-state index in [2.05, 4.69) is 28.5 Å². The van der Waals surface area contributed by atoms with Crippen LogP contribution >= 0.6 is 0 Å². The van der Waals surface area contributed by atoms with Gasteiger partial charge in [-0.2, -0.15) is 0 Å². The van der Waals surface area contributed by atoms with Gasteiger partial charge in [0, 0.05) is 60.6 Å². The summed E-state index contributed by atoms with van der Waals surface area (Å²) in [6, 6.07) is 0. The van der Waals surface area contributed by atoms with Crippen LogP contribution in [0, 0.1) is 0 Å². The zero-order valence-corrected chi connectivity index (χ0v) is 15.4. The fourth-order valence-corrected chi connectivity index (χ4v) is 4.46. The fourth-order valence-electron chi connectivity index (χ4n) is 2.71. The molecule has 1 saturated heterocycles. The molecule has 0 unspecified atom stereocenters. The third kappa shape index (κ3) is 5.94. The summed E-state index contributed by atoms with van der Waals surface area (Å²) in [4.78, 5) is 7.42. The normalized spacial score (nSPS) is 18.6. The number of piperazine rings is 1. The van der Waals surface area contributed by atoms with E-state index in [0.29, 0.717) is 0 Å². The topological polar surface area (TPSA) is 37.4 Å². The lowest BCUT2D eigenvalue weighted by molar-refractivity contribution is 0.0799. The number of hydrogen-bond donors (Lipinski definition) is 0. The molecule has 0 aromatic carbocycles. The third-order valence-corrected chi connectivity index (χ3v) is 7.14. The molecule has 0 radical (unpaired) electrons. The molecule has 126 valence electrons. The Morgan fingerprint density at radius 1 is 0.857 bits per heavy atom. The van der Waals surface area contributed by atoms with Gasteiger partial charge >= 0.3 is 8.80 Å². The monoisotopic (exact) mass is 319 g/mol. The Morgan fingerprint density at radius 3 is 1.76 bits per heavy atom. The Balaban J connectivity index is 2.31. The Labute approximate surface area is 131 Å². The van der Waals surface area contributed by atoms with Crippen LogP contribution in [0.4, 0.5) is 0 Å². The van der Waals surface area contributed by atoms with Crippen LogP contribution in [-0.4, -0.2) is 103 Å². The third-order valence-electron chi connectivity index (χ3n) is 4.44. The van der Waals surface area contributed by atoms with Crippen molar-refractivity contribution >= 4 is 8.80 Å². The van der Waals surface area contributed by atoms with Crippen molar-refractivity contribution in [2.24, 2.45) is 0 Å². The van der Waals surface area contributed by atoms with Gasteiger partial charge in [-0.15, -0.1) is 0 Å². The molecular weight excluding hydrogens is 286 g/mol. The molecule has 0 bridgehead atoms. The summed E-state index contributed by atoms with van der Waals surface area (Å²) in [5.41, 5.74) is 0. The molecule has 0 atom stereocenters. The van der Waals surface area contributed by atoms with Crippen LogP contribution in [0.5, 0.6) is 0 Å². The van der Waals surface area contributed by atoms with Crippen molar-refractivity contribution in [3.63, 3.8) is 0 Å². The van der Waals surface area contributed by atoms with Crippen molar-refractivity contribution in [3.05, 3.63) is 0 Å². The quantitative estimate of drug-likeness (QED) is 0.542. The minimum absolute atomic E-state index is 0.778. The number of rotatable bonds is 10. The first-order valence-corrected chi connectivity index (χ1v) is 9.88. The molecule has 0 spiro atoms. The predicted molar refractivity (Wildman–Crippen MR) is 87.4 cm³/mol. The van der Waals surface area contributed by atoms with Crippen LogP contribution in [0.1, 0.15) is 13.8 Å². The number of hydrogen-bond acceptors (Lipinski definition) is 6. The van der Waals surface area contributed by atoms with E-state index in [1.165, 1.54) is 6.54 Å². The van der Waals surface area contributed by atoms with Gasteiger partial charge in [0.1, 0.15) is 0 Å². The van der Waals surface area contributed by atoms with E-state index in [-0.39, 0.29) is 0 Å². The molecule has 21 heavy (non-hydrogen) atoms. The SMILES string of the molecule is CCN(CC)CCN1CCN(C[Si](OC)(OC)OC)CC1. The summed E-state index contributed by atoms with van der Waals surface area (Å²) in [5.74, 6) is 0. The van der Waals surface area contributed by atoms with Crippen LogP contribution in [-0.2, 0) is 13.3 Å². The van der Waals surface area contributed by atoms with E-state index in [4.69, 9.17) is 13.3 Å². The van der Waals surface area contributed by atoms with Gasteiger partial charge in [-0.05, 0) is 13.1 Å².